The van der Waals surface area contributed by atoms with Gasteiger partial charge in [0.25, 0.3) is 0 Å². The molecule has 0 heterocycles. The summed E-state index contributed by atoms with van der Waals surface area (Å²) in [5.74, 6) is -0.000291. The van der Waals surface area contributed by atoms with Crippen LogP contribution in [0.1, 0.15) is 70.8 Å². The molecule has 0 saturated heterocycles. The first-order valence-corrected chi connectivity index (χ1v) is 8.79. The maximum absolute atomic E-state index is 12.0. The Labute approximate surface area is 135 Å². The molecule has 0 aliphatic heterocycles. The number of carbonyl (C=O) groups excluding carboxylic acids is 1. The minimum atomic E-state index is -0.000291. The van der Waals surface area contributed by atoms with Crippen LogP contribution in [0.2, 0.25) is 0 Å². The van der Waals surface area contributed by atoms with E-state index in [1.807, 2.05) is 0 Å². The monoisotopic (exact) mass is 302 g/mol. The van der Waals surface area contributed by atoms with Crippen LogP contribution < -0.4 is 0 Å². The van der Waals surface area contributed by atoms with Crippen molar-refractivity contribution >= 4 is 5.97 Å². The number of rotatable bonds is 7. The van der Waals surface area contributed by atoms with Gasteiger partial charge in [0.2, 0.25) is 0 Å². The molecule has 2 nitrogen and oxygen atoms in total. The van der Waals surface area contributed by atoms with Gasteiger partial charge >= 0.3 is 5.97 Å². The van der Waals surface area contributed by atoms with Crippen LogP contribution in [0.25, 0.3) is 0 Å². The summed E-state index contributed by atoms with van der Waals surface area (Å²) in [6, 6.07) is 10.6. The molecule has 2 heteroatoms. The van der Waals surface area contributed by atoms with E-state index in [1.165, 1.54) is 24.8 Å². The van der Waals surface area contributed by atoms with Crippen LogP contribution in [0.5, 0.6) is 0 Å². The van der Waals surface area contributed by atoms with Crippen LogP contribution in [-0.4, -0.2) is 12.1 Å². The van der Waals surface area contributed by atoms with Gasteiger partial charge in [-0.05, 0) is 55.9 Å². The molecule has 0 radical (unpaired) electrons. The normalized spacial score (nSPS) is 16.5. The van der Waals surface area contributed by atoms with E-state index >= 15 is 0 Å². The fourth-order valence-electron chi connectivity index (χ4n) is 3.12. The fraction of sp³-hybridized carbons (Fsp3) is 0.650. The highest BCUT2D eigenvalue weighted by atomic mass is 16.5. The molecule has 2 rings (SSSR count). The fourth-order valence-corrected chi connectivity index (χ4v) is 3.12. The third-order valence-corrected chi connectivity index (χ3v) is 4.79. The van der Waals surface area contributed by atoms with E-state index in [0.717, 1.165) is 32.1 Å². The molecule has 122 valence electrons. The van der Waals surface area contributed by atoms with Crippen molar-refractivity contribution in [2.24, 2.45) is 5.41 Å². The first-order chi connectivity index (χ1) is 10.6. The van der Waals surface area contributed by atoms with Crippen LogP contribution in [0.3, 0.4) is 0 Å². The molecule has 1 aliphatic carbocycles. The van der Waals surface area contributed by atoms with Gasteiger partial charge in [0.1, 0.15) is 6.10 Å². The molecule has 0 spiro atoms. The second kappa shape index (κ2) is 8.36. The number of aryl methyl sites for hydroxylation is 1. The predicted molar refractivity (Wildman–Crippen MR) is 90.7 cm³/mol. The number of benzene rings is 1. The number of hydrogen-bond donors (Lipinski definition) is 0. The Morgan fingerprint density at radius 3 is 2.45 bits per heavy atom. The van der Waals surface area contributed by atoms with Gasteiger partial charge in [-0.25, -0.2) is 0 Å². The molecule has 1 aliphatic rings. The first-order valence-electron chi connectivity index (χ1n) is 8.79. The first kappa shape index (κ1) is 17.1. The topological polar surface area (TPSA) is 26.3 Å². The lowest BCUT2D eigenvalue weighted by atomic mass is 9.82. The lowest BCUT2D eigenvalue weighted by molar-refractivity contribution is -0.151. The van der Waals surface area contributed by atoms with E-state index in [4.69, 9.17) is 4.74 Å². The minimum absolute atomic E-state index is 0.000291. The Morgan fingerprint density at radius 1 is 1.09 bits per heavy atom. The average molecular weight is 302 g/mol. The highest BCUT2D eigenvalue weighted by Gasteiger charge is 2.22. The zero-order valence-electron chi connectivity index (χ0n) is 14.1. The zero-order valence-corrected chi connectivity index (χ0v) is 14.1. The van der Waals surface area contributed by atoms with Crippen LogP contribution in [0.4, 0.5) is 0 Å². The molecule has 0 atom stereocenters. The van der Waals surface area contributed by atoms with Crippen molar-refractivity contribution in [3.05, 3.63) is 35.9 Å². The third kappa shape index (κ3) is 6.21. The van der Waals surface area contributed by atoms with Gasteiger partial charge in [-0.3, -0.25) is 4.79 Å². The minimum Gasteiger partial charge on any atom is -0.462 e. The molecule has 0 N–H and O–H groups in total. The van der Waals surface area contributed by atoms with Crippen molar-refractivity contribution in [3.63, 3.8) is 0 Å². The van der Waals surface area contributed by atoms with Gasteiger partial charge in [0, 0.05) is 6.42 Å². The summed E-state index contributed by atoms with van der Waals surface area (Å²) in [5, 5.41) is 0. The molecule has 1 fully saturated rings. The average Bonchev–Trinajstić information content (AvgIpc) is 2.53. The Balaban J connectivity index is 1.68. The molecule has 0 aromatic heterocycles. The van der Waals surface area contributed by atoms with Gasteiger partial charge in [-0.1, -0.05) is 50.6 Å². The highest BCUT2D eigenvalue weighted by Crippen LogP contribution is 2.29. The summed E-state index contributed by atoms with van der Waals surface area (Å²) in [7, 11) is 0. The van der Waals surface area contributed by atoms with Gasteiger partial charge < -0.3 is 4.74 Å². The standard InChI is InChI=1S/C20H30O2/c1-20(2,15-13-17-9-5-3-6-10-17)16-14-19(21)22-18-11-7-4-8-12-18/h3,5-6,9-10,18H,4,7-8,11-16H2,1-2H3. The van der Waals surface area contributed by atoms with Crippen LogP contribution >= 0.6 is 0 Å². The molecule has 1 aromatic rings. The number of hydrogen-bond acceptors (Lipinski definition) is 2. The zero-order chi connectivity index (χ0) is 15.8. The molecule has 22 heavy (non-hydrogen) atoms. The van der Waals surface area contributed by atoms with Crippen molar-refractivity contribution in [2.75, 3.05) is 0 Å². The second-order valence-corrected chi connectivity index (χ2v) is 7.40. The van der Waals surface area contributed by atoms with E-state index in [0.29, 0.717) is 6.42 Å². The highest BCUT2D eigenvalue weighted by molar-refractivity contribution is 5.69. The summed E-state index contributed by atoms with van der Waals surface area (Å²) in [5.41, 5.74) is 1.56. The molecule has 0 unspecified atom stereocenters. The van der Waals surface area contributed by atoms with E-state index in [-0.39, 0.29) is 17.5 Å². The SMILES string of the molecule is CC(C)(CCC(=O)OC1CCCCC1)CCc1ccccc1. The van der Waals surface area contributed by atoms with Crippen LogP contribution in [0.15, 0.2) is 30.3 Å². The van der Waals surface area contributed by atoms with E-state index in [1.54, 1.807) is 0 Å². The Hall–Kier alpha value is -1.31. The van der Waals surface area contributed by atoms with Gasteiger partial charge in [0.15, 0.2) is 0 Å². The summed E-state index contributed by atoms with van der Waals surface area (Å²) in [4.78, 5) is 12.0. The van der Waals surface area contributed by atoms with Crippen LogP contribution in [-0.2, 0) is 16.0 Å². The van der Waals surface area contributed by atoms with Gasteiger partial charge in [-0.15, -0.1) is 0 Å². The summed E-state index contributed by atoms with van der Waals surface area (Å²) in [6.07, 6.45) is 9.66. The van der Waals surface area contributed by atoms with Gasteiger partial charge in [-0.2, -0.15) is 0 Å². The third-order valence-electron chi connectivity index (χ3n) is 4.79. The van der Waals surface area contributed by atoms with E-state index in [9.17, 15) is 4.79 Å². The summed E-state index contributed by atoms with van der Waals surface area (Å²) in [6.45, 7) is 4.51. The number of esters is 1. The second-order valence-electron chi connectivity index (χ2n) is 7.40. The summed E-state index contributed by atoms with van der Waals surface area (Å²) < 4.78 is 5.61. The molecular formula is C20H30O2. The lowest BCUT2D eigenvalue weighted by Gasteiger charge is -2.26. The summed E-state index contributed by atoms with van der Waals surface area (Å²) >= 11 is 0. The van der Waals surface area contributed by atoms with E-state index in [2.05, 4.69) is 44.2 Å². The van der Waals surface area contributed by atoms with Crippen molar-refractivity contribution in [3.8, 4) is 0 Å². The predicted octanol–water partition coefficient (Wildman–Crippen LogP) is 5.30. The quantitative estimate of drug-likeness (QED) is 0.639. The molecule has 0 amide bonds. The lowest BCUT2D eigenvalue weighted by Crippen LogP contribution is -2.22. The molecule has 0 bridgehead atoms. The number of carbonyl (C=O) groups is 1. The maximum atomic E-state index is 12.0. The Kier molecular flexibility index (Phi) is 6.48. The molecule has 1 aromatic carbocycles. The van der Waals surface area contributed by atoms with Crippen molar-refractivity contribution in [2.45, 2.75) is 77.7 Å². The Bertz CT molecular complexity index is 444. The van der Waals surface area contributed by atoms with Crippen molar-refractivity contribution in [1.82, 2.24) is 0 Å². The maximum Gasteiger partial charge on any atom is 0.306 e. The van der Waals surface area contributed by atoms with E-state index < -0.39 is 0 Å². The molecular weight excluding hydrogens is 272 g/mol. The number of ether oxygens (including phenoxy) is 1. The smallest absolute Gasteiger partial charge is 0.306 e. The van der Waals surface area contributed by atoms with Crippen molar-refractivity contribution < 1.29 is 9.53 Å². The van der Waals surface area contributed by atoms with Gasteiger partial charge in [0.05, 0.1) is 0 Å². The largest absolute Gasteiger partial charge is 0.462 e. The molecule has 1 saturated carbocycles. The van der Waals surface area contributed by atoms with Crippen LogP contribution in [0, 0.1) is 5.41 Å². The van der Waals surface area contributed by atoms with Crippen molar-refractivity contribution in [1.29, 1.82) is 0 Å². The Morgan fingerprint density at radius 2 is 1.77 bits per heavy atom.